The van der Waals surface area contributed by atoms with Crippen LogP contribution in [0.25, 0.3) is 0 Å². The van der Waals surface area contributed by atoms with Gasteiger partial charge in [0.05, 0.1) is 6.54 Å². The fourth-order valence-electron chi connectivity index (χ4n) is 3.13. The Morgan fingerprint density at radius 1 is 1.23 bits per heavy atom. The van der Waals surface area contributed by atoms with Crippen LogP contribution in [0.1, 0.15) is 41.3 Å². The number of benzene rings is 1. The number of nitrogens with two attached hydrogens (primary N) is 1. The fraction of sp³-hybridized carbons (Fsp3) is 0.444. The van der Waals surface area contributed by atoms with Crippen LogP contribution in [0.4, 0.5) is 0 Å². The summed E-state index contributed by atoms with van der Waals surface area (Å²) in [5.41, 5.74) is 6.36. The van der Waals surface area contributed by atoms with Gasteiger partial charge >= 0.3 is 11.8 Å². The quantitative estimate of drug-likeness (QED) is 0.766. The number of nitrogens with zero attached hydrogens (tertiary/aromatic N) is 3. The maximum absolute atomic E-state index is 12.1. The van der Waals surface area contributed by atoms with Crippen molar-refractivity contribution in [2.24, 2.45) is 11.7 Å². The normalized spacial score (nSPS) is 15.7. The summed E-state index contributed by atoms with van der Waals surface area (Å²) in [7, 11) is 0. The molecular weight excluding hydrogens is 334 g/mol. The Kier molecular flexibility index (Phi) is 5.96. The van der Waals surface area contributed by atoms with Crippen LogP contribution < -0.4 is 11.1 Å². The van der Waals surface area contributed by atoms with Crippen molar-refractivity contribution in [2.45, 2.75) is 32.4 Å². The highest BCUT2D eigenvalue weighted by atomic mass is 16.5. The molecule has 8 heteroatoms. The molecule has 0 aliphatic carbocycles. The molecule has 0 spiro atoms. The van der Waals surface area contributed by atoms with Crippen LogP contribution in [0.2, 0.25) is 0 Å². The molecule has 1 saturated heterocycles. The number of piperidine rings is 1. The number of carbonyl (C=O) groups is 2. The van der Waals surface area contributed by atoms with Crippen molar-refractivity contribution in [3.63, 3.8) is 0 Å². The van der Waals surface area contributed by atoms with Crippen molar-refractivity contribution in [3.05, 3.63) is 47.6 Å². The third-order valence-electron chi connectivity index (χ3n) is 4.55. The average molecular weight is 357 g/mol. The maximum atomic E-state index is 12.1. The summed E-state index contributed by atoms with van der Waals surface area (Å²) >= 11 is 0. The largest absolute Gasteiger partial charge is 0.361 e. The van der Waals surface area contributed by atoms with Crippen LogP contribution in [0.15, 0.2) is 34.9 Å². The first-order chi connectivity index (χ1) is 12.6. The summed E-state index contributed by atoms with van der Waals surface area (Å²) in [6.45, 7) is 3.08. The zero-order chi connectivity index (χ0) is 18.4. The number of rotatable bonds is 7. The van der Waals surface area contributed by atoms with E-state index in [-0.39, 0.29) is 24.2 Å². The van der Waals surface area contributed by atoms with E-state index in [0.717, 1.165) is 32.5 Å². The molecule has 2 aromatic rings. The Labute approximate surface area is 151 Å². The van der Waals surface area contributed by atoms with Crippen LogP contribution in [0.5, 0.6) is 0 Å². The Hall–Kier alpha value is -2.74. The van der Waals surface area contributed by atoms with Crippen molar-refractivity contribution in [2.75, 3.05) is 13.1 Å². The number of hydrogen-bond donors (Lipinski definition) is 2. The van der Waals surface area contributed by atoms with Crippen molar-refractivity contribution in [3.8, 4) is 0 Å². The first-order valence-electron chi connectivity index (χ1n) is 8.75. The van der Waals surface area contributed by atoms with Crippen LogP contribution in [0.3, 0.4) is 0 Å². The van der Waals surface area contributed by atoms with E-state index < -0.39 is 5.91 Å². The molecule has 1 aliphatic rings. The fourth-order valence-corrected chi connectivity index (χ4v) is 3.13. The number of nitrogens with one attached hydrogen (secondary N) is 1. The third-order valence-corrected chi connectivity index (χ3v) is 4.55. The van der Waals surface area contributed by atoms with Crippen LogP contribution in [-0.2, 0) is 17.9 Å². The highest BCUT2D eigenvalue weighted by Crippen LogP contribution is 2.21. The molecule has 26 heavy (non-hydrogen) atoms. The van der Waals surface area contributed by atoms with Gasteiger partial charge in [0.1, 0.15) is 0 Å². The molecule has 0 atom stereocenters. The molecule has 138 valence electrons. The predicted octanol–water partition coefficient (Wildman–Crippen LogP) is 1.09. The molecule has 1 aromatic heterocycles. The zero-order valence-corrected chi connectivity index (χ0v) is 14.6. The third kappa shape index (κ3) is 5.13. The number of amides is 2. The Balaban J connectivity index is 1.37. The van der Waals surface area contributed by atoms with Gasteiger partial charge in [-0.15, -0.1) is 0 Å². The van der Waals surface area contributed by atoms with E-state index in [9.17, 15) is 9.59 Å². The zero-order valence-electron chi connectivity index (χ0n) is 14.6. The summed E-state index contributed by atoms with van der Waals surface area (Å²) in [4.78, 5) is 29.2. The van der Waals surface area contributed by atoms with Crippen LogP contribution in [-0.4, -0.2) is 39.9 Å². The minimum absolute atomic E-state index is 0.0445. The van der Waals surface area contributed by atoms with Gasteiger partial charge < -0.3 is 15.6 Å². The minimum atomic E-state index is -0.780. The van der Waals surface area contributed by atoms with Gasteiger partial charge in [-0.1, -0.05) is 35.5 Å². The second-order valence-electron chi connectivity index (χ2n) is 6.57. The molecule has 0 radical (unpaired) electrons. The molecule has 0 saturated carbocycles. The summed E-state index contributed by atoms with van der Waals surface area (Å²) in [6.07, 6.45) is 2.50. The summed E-state index contributed by atoms with van der Waals surface area (Å²) < 4.78 is 4.68. The SMILES string of the molecule is NC(=O)c1nc(CNC(=O)CC2CCN(Cc3ccccc3)CC2)no1. The van der Waals surface area contributed by atoms with E-state index in [2.05, 4.69) is 49.1 Å². The van der Waals surface area contributed by atoms with Gasteiger partial charge in [-0.3, -0.25) is 14.5 Å². The standard InChI is InChI=1S/C18H23N5O3/c19-17(25)18-21-15(22-26-18)11-20-16(24)10-13-6-8-23(9-7-13)12-14-4-2-1-3-5-14/h1-5,13H,6-12H2,(H2,19,25)(H,20,24). The highest BCUT2D eigenvalue weighted by molar-refractivity contribution is 5.87. The predicted molar refractivity (Wildman–Crippen MR) is 93.7 cm³/mol. The summed E-state index contributed by atoms with van der Waals surface area (Å²) in [5, 5.41) is 6.36. The van der Waals surface area contributed by atoms with Gasteiger partial charge in [-0.05, 0) is 37.4 Å². The Morgan fingerprint density at radius 3 is 2.62 bits per heavy atom. The minimum Gasteiger partial charge on any atom is -0.361 e. The van der Waals surface area contributed by atoms with Crippen molar-refractivity contribution in [1.29, 1.82) is 0 Å². The molecule has 8 nitrogen and oxygen atoms in total. The monoisotopic (exact) mass is 357 g/mol. The Bertz CT molecular complexity index is 738. The molecule has 2 amide bonds. The van der Waals surface area contributed by atoms with Crippen molar-refractivity contribution >= 4 is 11.8 Å². The molecule has 3 rings (SSSR count). The first kappa shape index (κ1) is 18.1. The molecule has 1 aliphatic heterocycles. The topological polar surface area (TPSA) is 114 Å². The van der Waals surface area contributed by atoms with E-state index >= 15 is 0 Å². The molecule has 1 fully saturated rings. The van der Waals surface area contributed by atoms with E-state index in [4.69, 9.17) is 5.73 Å². The number of primary amides is 1. The summed E-state index contributed by atoms with van der Waals surface area (Å²) in [6, 6.07) is 10.4. The number of likely N-dealkylation sites (tertiary alicyclic amines) is 1. The van der Waals surface area contributed by atoms with Gasteiger partial charge in [0.15, 0.2) is 5.82 Å². The molecule has 1 aromatic carbocycles. The highest BCUT2D eigenvalue weighted by Gasteiger charge is 2.21. The number of carbonyl (C=O) groups excluding carboxylic acids is 2. The van der Waals surface area contributed by atoms with Crippen LogP contribution >= 0.6 is 0 Å². The van der Waals surface area contributed by atoms with E-state index in [1.165, 1.54) is 5.56 Å². The molecule has 0 unspecified atom stereocenters. The molecule has 2 heterocycles. The van der Waals surface area contributed by atoms with Crippen molar-refractivity contribution in [1.82, 2.24) is 20.4 Å². The molecular formula is C18H23N5O3. The lowest BCUT2D eigenvalue weighted by atomic mass is 9.93. The lowest BCUT2D eigenvalue weighted by molar-refractivity contribution is -0.122. The van der Waals surface area contributed by atoms with Gasteiger partial charge in [0.25, 0.3) is 0 Å². The van der Waals surface area contributed by atoms with E-state index in [0.29, 0.717) is 12.3 Å². The van der Waals surface area contributed by atoms with E-state index in [1.807, 2.05) is 6.07 Å². The lowest BCUT2D eigenvalue weighted by Crippen LogP contribution is -2.35. The Morgan fingerprint density at radius 2 is 1.96 bits per heavy atom. The molecule has 0 bridgehead atoms. The smallest absolute Gasteiger partial charge is 0.315 e. The van der Waals surface area contributed by atoms with Gasteiger partial charge in [0.2, 0.25) is 5.91 Å². The average Bonchev–Trinajstić information content (AvgIpc) is 3.12. The second kappa shape index (κ2) is 8.57. The number of aromatic nitrogens is 2. The second-order valence-corrected chi connectivity index (χ2v) is 6.57. The first-order valence-corrected chi connectivity index (χ1v) is 8.75. The van der Waals surface area contributed by atoms with Crippen LogP contribution in [0, 0.1) is 5.92 Å². The van der Waals surface area contributed by atoms with Gasteiger partial charge in [-0.2, -0.15) is 4.98 Å². The summed E-state index contributed by atoms with van der Waals surface area (Å²) in [5.74, 6) is -0.451. The lowest BCUT2D eigenvalue weighted by Gasteiger charge is -2.31. The number of hydrogen-bond acceptors (Lipinski definition) is 6. The maximum Gasteiger partial charge on any atom is 0.315 e. The van der Waals surface area contributed by atoms with E-state index in [1.54, 1.807) is 0 Å². The van der Waals surface area contributed by atoms with Gasteiger partial charge in [-0.25, -0.2) is 0 Å². The van der Waals surface area contributed by atoms with Crippen molar-refractivity contribution < 1.29 is 14.1 Å². The molecule has 3 N–H and O–H groups in total. The van der Waals surface area contributed by atoms with Gasteiger partial charge in [0, 0.05) is 13.0 Å².